The molecule has 0 radical (unpaired) electrons. The summed E-state index contributed by atoms with van der Waals surface area (Å²) < 4.78 is 31.2. The van der Waals surface area contributed by atoms with Crippen LogP contribution < -0.4 is 10.1 Å². The van der Waals surface area contributed by atoms with Crippen molar-refractivity contribution in [1.29, 1.82) is 0 Å². The molecular formula is C17H17ClN2O7S. The van der Waals surface area contributed by atoms with E-state index in [-0.39, 0.29) is 27.1 Å². The molecule has 0 aliphatic carbocycles. The van der Waals surface area contributed by atoms with Gasteiger partial charge < -0.3 is 20.3 Å². The van der Waals surface area contributed by atoms with Crippen LogP contribution in [0.3, 0.4) is 0 Å². The molecular weight excluding hydrogens is 412 g/mol. The number of phenolic OH excluding ortho intramolecular Hbond substituents is 1. The van der Waals surface area contributed by atoms with E-state index in [1.165, 1.54) is 38.4 Å². The van der Waals surface area contributed by atoms with E-state index in [4.69, 9.17) is 21.4 Å². The third-order valence-electron chi connectivity index (χ3n) is 3.59. The fraction of sp³-hybridized carbons (Fsp3) is 0.176. The van der Waals surface area contributed by atoms with Crippen LogP contribution in [0.5, 0.6) is 17.2 Å². The summed E-state index contributed by atoms with van der Waals surface area (Å²) in [6.07, 6.45) is 0. The van der Waals surface area contributed by atoms with Gasteiger partial charge in [-0.25, -0.2) is 17.5 Å². The minimum atomic E-state index is -3.90. The van der Waals surface area contributed by atoms with Crippen molar-refractivity contribution in [3.63, 3.8) is 0 Å². The number of hydrogen-bond acceptors (Lipinski definition) is 6. The molecule has 2 rings (SSSR count). The van der Waals surface area contributed by atoms with Crippen LogP contribution in [0, 0.1) is 6.92 Å². The van der Waals surface area contributed by atoms with Gasteiger partial charge in [0.15, 0.2) is 0 Å². The lowest BCUT2D eigenvalue weighted by molar-refractivity contribution is -0.147. The van der Waals surface area contributed by atoms with E-state index in [1.807, 2.05) is 0 Å². The maximum atomic E-state index is 12.3. The van der Waals surface area contributed by atoms with Crippen molar-refractivity contribution < 1.29 is 33.0 Å². The second-order valence-corrected chi connectivity index (χ2v) is 8.41. The van der Waals surface area contributed by atoms with Gasteiger partial charge in [0, 0.05) is 25.8 Å². The fourth-order valence-electron chi connectivity index (χ4n) is 2.20. The highest BCUT2D eigenvalue weighted by molar-refractivity contribution is 7.89. The summed E-state index contributed by atoms with van der Waals surface area (Å²) in [5, 5.41) is 20.8. The van der Waals surface area contributed by atoms with Crippen LogP contribution in [-0.2, 0) is 19.6 Å². The second kappa shape index (κ2) is 8.05. The molecule has 9 nitrogen and oxygen atoms in total. The van der Waals surface area contributed by atoms with Crippen molar-refractivity contribution in [3.8, 4) is 17.2 Å². The fourth-order valence-corrected chi connectivity index (χ4v) is 3.49. The Bertz CT molecular complexity index is 1030. The zero-order valence-electron chi connectivity index (χ0n) is 15.1. The highest BCUT2D eigenvalue weighted by Gasteiger charge is 2.23. The predicted molar refractivity (Wildman–Crippen MR) is 102 cm³/mol. The Morgan fingerprint density at radius 3 is 2.36 bits per heavy atom. The number of sulfonamides is 1. The summed E-state index contributed by atoms with van der Waals surface area (Å²) in [4.78, 5) is 21.5. The monoisotopic (exact) mass is 428 g/mol. The normalized spacial score (nSPS) is 11.3. The van der Waals surface area contributed by atoms with Crippen molar-refractivity contribution in [2.45, 2.75) is 11.8 Å². The number of nitrogens with zero attached hydrogens (tertiary/aromatic N) is 1. The first-order chi connectivity index (χ1) is 12.9. The number of anilines is 1. The Labute approximate surface area is 166 Å². The van der Waals surface area contributed by atoms with Gasteiger partial charge in [0.2, 0.25) is 10.0 Å². The quantitative estimate of drug-likeness (QED) is 0.622. The minimum Gasteiger partial charge on any atom is -0.507 e. The van der Waals surface area contributed by atoms with Crippen molar-refractivity contribution in [2.24, 2.45) is 0 Å². The van der Waals surface area contributed by atoms with Crippen LogP contribution in [0.4, 0.5) is 5.69 Å². The van der Waals surface area contributed by atoms with Crippen molar-refractivity contribution in [3.05, 3.63) is 40.9 Å². The number of carboxylic acids is 1. The van der Waals surface area contributed by atoms with Crippen LogP contribution in [0.1, 0.15) is 5.56 Å². The van der Waals surface area contributed by atoms with Crippen LogP contribution in [0.15, 0.2) is 35.2 Å². The molecule has 0 bridgehead atoms. The first kappa shape index (κ1) is 21.5. The Morgan fingerprint density at radius 1 is 1.18 bits per heavy atom. The number of hydrogen-bond donors (Lipinski definition) is 3. The lowest BCUT2D eigenvalue weighted by Gasteiger charge is -2.16. The third-order valence-corrected chi connectivity index (χ3v) is 5.72. The average molecular weight is 429 g/mol. The highest BCUT2D eigenvalue weighted by atomic mass is 35.5. The number of halogens is 1. The first-order valence-electron chi connectivity index (χ1n) is 7.71. The molecule has 0 aliphatic rings. The highest BCUT2D eigenvalue weighted by Crippen LogP contribution is 2.37. The summed E-state index contributed by atoms with van der Waals surface area (Å²) in [5.41, 5.74) is 0.613. The smallest absolute Gasteiger partial charge is 0.394 e. The number of carbonyl (C=O) groups is 2. The number of benzene rings is 2. The summed E-state index contributed by atoms with van der Waals surface area (Å²) >= 11 is 6.16. The van der Waals surface area contributed by atoms with Gasteiger partial charge in [0.05, 0.1) is 5.02 Å². The number of aliphatic carboxylic acids is 1. The summed E-state index contributed by atoms with van der Waals surface area (Å²) in [7, 11) is -1.25. The topological polar surface area (TPSA) is 133 Å². The Kier molecular flexibility index (Phi) is 6.17. The molecule has 0 saturated heterocycles. The molecule has 2 aromatic carbocycles. The molecule has 150 valence electrons. The maximum Gasteiger partial charge on any atom is 0.394 e. The summed E-state index contributed by atoms with van der Waals surface area (Å²) in [5.74, 6) is -3.02. The molecule has 0 spiro atoms. The maximum absolute atomic E-state index is 12.3. The number of carbonyl (C=O) groups excluding carboxylic acids is 1. The largest absolute Gasteiger partial charge is 0.507 e. The molecule has 0 atom stereocenters. The van der Waals surface area contributed by atoms with Gasteiger partial charge in [-0.3, -0.25) is 4.79 Å². The van der Waals surface area contributed by atoms with Gasteiger partial charge in [-0.1, -0.05) is 11.6 Å². The number of amides is 1. The zero-order valence-corrected chi connectivity index (χ0v) is 16.6. The van der Waals surface area contributed by atoms with Gasteiger partial charge in [0.1, 0.15) is 22.1 Å². The molecule has 0 aromatic heterocycles. The summed E-state index contributed by atoms with van der Waals surface area (Å²) in [6.45, 7) is 1.61. The van der Waals surface area contributed by atoms with E-state index in [9.17, 15) is 23.1 Å². The molecule has 0 aliphatic heterocycles. The molecule has 2 aromatic rings. The predicted octanol–water partition coefficient (Wildman–Crippen LogP) is 2.42. The van der Waals surface area contributed by atoms with Crippen molar-refractivity contribution in [1.82, 2.24) is 4.31 Å². The molecule has 28 heavy (non-hydrogen) atoms. The molecule has 11 heteroatoms. The molecule has 1 amide bonds. The van der Waals surface area contributed by atoms with Crippen LogP contribution in [-0.4, -0.2) is 48.9 Å². The van der Waals surface area contributed by atoms with Crippen LogP contribution in [0.2, 0.25) is 5.02 Å². The molecule has 3 N–H and O–H groups in total. The first-order valence-corrected chi connectivity index (χ1v) is 9.53. The number of aryl methyl sites for hydroxylation is 1. The van der Waals surface area contributed by atoms with Gasteiger partial charge >= 0.3 is 11.9 Å². The van der Waals surface area contributed by atoms with Gasteiger partial charge in [-0.2, -0.15) is 0 Å². The van der Waals surface area contributed by atoms with E-state index >= 15 is 0 Å². The zero-order chi connectivity index (χ0) is 21.2. The number of nitrogens with one attached hydrogen (secondary N) is 1. The second-order valence-electron chi connectivity index (χ2n) is 5.88. The Hall–Kier alpha value is -2.82. The molecule has 0 unspecified atom stereocenters. The number of ether oxygens (including phenoxy) is 1. The van der Waals surface area contributed by atoms with Crippen LogP contribution in [0.25, 0.3) is 0 Å². The Morgan fingerprint density at radius 2 is 1.82 bits per heavy atom. The van der Waals surface area contributed by atoms with E-state index in [0.717, 1.165) is 10.4 Å². The number of rotatable bonds is 5. The molecule has 0 fully saturated rings. The van der Waals surface area contributed by atoms with Crippen molar-refractivity contribution in [2.75, 3.05) is 19.4 Å². The number of phenols is 1. The van der Waals surface area contributed by atoms with Gasteiger partial charge in [0.25, 0.3) is 0 Å². The van der Waals surface area contributed by atoms with Gasteiger partial charge in [-0.15, -0.1) is 0 Å². The van der Waals surface area contributed by atoms with Crippen LogP contribution >= 0.6 is 11.6 Å². The Balaban J connectivity index is 2.39. The van der Waals surface area contributed by atoms with Gasteiger partial charge in [-0.05, 0) is 36.8 Å². The third kappa shape index (κ3) is 4.53. The SMILES string of the molecule is Cc1cc(NC(=O)C(=O)O)cc(Cl)c1Oc1ccc(O)c(S(=O)(=O)N(C)C)c1. The van der Waals surface area contributed by atoms with E-state index in [1.54, 1.807) is 6.92 Å². The lowest BCUT2D eigenvalue weighted by Crippen LogP contribution is -2.22. The molecule has 0 heterocycles. The minimum absolute atomic E-state index is 0.0609. The van der Waals surface area contributed by atoms with E-state index < -0.39 is 27.6 Å². The summed E-state index contributed by atoms with van der Waals surface area (Å²) in [6, 6.07) is 6.43. The number of aromatic hydroxyl groups is 1. The van der Waals surface area contributed by atoms with E-state index in [0.29, 0.717) is 5.56 Å². The van der Waals surface area contributed by atoms with Crippen molar-refractivity contribution >= 4 is 39.2 Å². The van der Waals surface area contributed by atoms with E-state index in [2.05, 4.69) is 5.32 Å². The number of carboxylic acid groups (broad SMARTS) is 1. The molecule has 0 saturated carbocycles. The standard InChI is InChI=1S/C17H17ClN2O7S/c1-9-6-10(19-16(22)17(23)24)7-12(18)15(9)27-11-4-5-13(21)14(8-11)28(25,26)20(2)3/h4-8,21H,1-3H3,(H,19,22)(H,23,24). The average Bonchev–Trinajstić information content (AvgIpc) is 2.59. The lowest BCUT2D eigenvalue weighted by atomic mass is 10.2.